The lowest BCUT2D eigenvalue weighted by Crippen LogP contribution is -2.08. The van der Waals surface area contributed by atoms with Crippen LogP contribution in [0.1, 0.15) is 22.3 Å². The number of aliphatic imine (C=N–C) groups is 1. The second-order valence-electron chi connectivity index (χ2n) is 9.54. The molecule has 0 saturated heterocycles. The molecule has 0 spiro atoms. The second kappa shape index (κ2) is 11.7. The fraction of sp³-hybridized carbons (Fsp3) is 0.0588. The molecule has 200 valence electrons. The normalized spacial score (nSPS) is 10.9. The molecule has 7 heteroatoms. The summed E-state index contributed by atoms with van der Waals surface area (Å²) in [4.78, 5) is 18.3. The maximum atomic E-state index is 15.0. The first-order chi connectivity index (χ1) is 20.1. The van der Waals surface area contributed by atoms with E-state index in [2.05, 4.69) is 15.3 Å². The number of pyridine rings is 1. The third-order valence-corrected chi connectivity index (χ3v) is 7.06. The monoisotopic (exact) mass is 557 g/mol. The topological polar surface area (TPSA) is 63.1 Å². The molecule has 2 aromatic heterocycles. The Bertz CT molecular complexity index is 1830. The van der Waals surface area contributed by atoms with Crippen molar-refractivity contribution in [2.24, 2.45) is 4.99 Å². The number of hydrogen-bond acceptors (Lipinski definition) is 5. The summed E-state index contributed by atoms with van der Waals surface area (Å²) < 4.78 is 15.0. The zero-order valence-electron chi connectivity index (χ0n) is 22.2. The largest absolute Gasteiger partial charge is 0.363 e. The van der Waals surface area contributed by atoms with Crippen molar-refractivity contribution in [3.05, 3.63) is 148 Å². The molecule has 0 aliphatic heterocycles. The van der Waals surface area contributed by atoms with Crippen molar-refractivity contribution in [2.45, 2.75) is 13.5 Å². The Balaban J connectivity index is 1.38. The lowest BCUT2D eigenvalue weighted by atomic mass is 9.99. The van der Waals surface area contributed by atoms with Crippen molar-refractivity contribution in [3.8, 4) is 11.3 Å². The summed E-state index contributed by atoms with van der Waals surface area (Å²) in [5, 5.41) is 4.64. The smallest absolute Gasteiger partial charge is 0.252 e. The van der Waals surface area contributed by atoms with Gasteiger partial charge in [-0.25, -0.2) is 19.4 Å². The Kier molecular flexibility index (Phi) is 7.48. The van der Waals surface area contributed by atoms with Crippen LogP contribution >= 0.6 is 11.6 Å². The summed E-state index contributed by atoms with van der Waals surface area (Å²) in [6.07, 6.45) is 1.14. The minimum atomic E-state index is -0.570. The average Bonchev–Trinajstić information content (AvgIpc) is 3.01. The van der Waals surface area contributed by atoms with Crippen LogP contribution < -0.4 is 5.32 Å². The maximum absolute atomic E-state index is 15.0. The minimum Gasteiger partial charge on any atom is -0.363 e. The van der Waals surface area contributed by atoms with Gasteiger partial charge in [0, 0.05) is 28.6 Å². The van der Waals surface area contributed by atoms with E-state index < -0.39 is 5.82 Å². The number of aryl methyl sites for hydroxylation is 1. The van der Waals surface area contributed by atoms with Gasteiger partial charge < -0.3 is 5.32 Å². The van der Waals surface area contributed by atoms with Gasteiger partial charge in [-0.2, -0.15) is 4.98 Å². The molecule has 0 aliphatic rings. The van der Waals surface area contributed by atoms with Crippen molar-refractivity contribution in [2.75, 3.05) is 5.32 Å². The molecule has 4 aromatic carbocycles. The van der Waals surface area contributed by atoms with Gasteiger partial charge in [0.2, 0.25) is 0 Å². The Morgan fingerprint density at radius 1 is 0.829 bits per heavy atom. The zero-order chi connectivity index (χ0) is 28.2. The van der Waals surface area contributed by atoms with Crippen molar-refractivity contribution < 1.29 is 4.39 Å². The minimum absolute atomic E-state index is 0.0566. The summed E-state index contributed by atoms with van der Waals surface area (Å²) in [7, 11) is 0. The molecule has 0 fully saturated rings. The van der Waals surface area contributed by atoms with Crippen LogP contribution in [0.2, 0.25) is 5.02 Å². The third kappa shape index (κ3) is 5.69. The molecule has 5 nitrogen and oxygen atoms in total. The summed E-state index contributed by atoms with van der Waals surface area (Å²) in [5.74, 6) is -0.362. The number of nitrogens with zero attached hydrogens (tertiary/aromatic N) is 4. The molecule has 0 radical (unpaired) electrons. The first kappa shape index (κ1) is 26.3. The lowest BCUT2D eigenvalue weighted by Gasteiger charge is -2.15. The van der Waals surface area contributed by atoms with Gasteiger partial charge in [-0.15, -0.1) is 0 Å². The predicted molar refractivity (Wildman–Crippen MR) is 164 cm³/mol. The van der Waals surface area contributed by atoms with Gasteiger partial charge in [-0.05, 0) is 30.2 Å². The van der Waals surface area contributed by atoms with E-state index in [0.29, 0.717) is 10.7 Å². The Morgan fingerprint density at radius 2 is 1.51 bits per heavy atom. The van der Waals surface area contributed by atoms with Crippen LogP contribution in [-0.2, 0) is 6.54 Å². The first-order valence-electron chi connectivity index (χ1n) is 13.2. The van der Waals surface area contributed by atoms with Gasteiger partial charge >= 0.3 is 0 Å². The quantitative estimate of drug-likeness (QED) is 0.200. The van der Waals surface area contributed by atoms with Crippen molar-refractivity contribution in [3.63, 3.8) is 0 Å². The summed E-state index contributed by atoms with van der Waals surface area (Å²) in [6.45, 7) is 2.32. The average molecular weight is 558 g/mol. The maximum Gasteiger partial charge on any atom is 0.252 e. The number of hydrogen-bond donors (Lipinski definition) is 1. The molecule has 0 atom stereocenters. The van der Waals surface area contributed by atoms with Crippen molar-refractivity contribution in [1.29, 1.82) is 0 Å². The van der Waals surface area contributed by atoms with Crippen LogP contribution in [0.15, 0.2) is 120 Å². The predicted octanol–water partition coefficient (Wildman–Crippen LogP) is 8.57. The van der Waals surface area contributed by atoms with Crippen LogP contribution in [0.3, 0.4) is 0 Å². The number of halogens is 2. The lowest BCUT2D eigenvalue weighted by molar-refractivity contribution is 0.617. The Labute approximate surface area is 242 Å². The van der Waals surface area contributed by atoms with E-state index in [-0.39, 0.29) is 18.3 Å². The van der Waals surface area contributed by atoms with E-state index in [1.54, 1.807) is 0 Å². The van der Waals surface area contributed by atoms with Gasteiger partial charge in [-0.1, -0.05) is 109 Å². The van der Waals surface area contributed by atoms with Gasteiger partial charge in [0.05, 0.1) is 28.1 Å². The van der Waals surface area contributed by atoms with E-state index >= 15 is 0 Å². The van der Waals surface area contributed by atoms with E-state index in [0.717, 1.165) is 50.6 Å². The number of benzene rings is 4. The molecule has 0 amide bonds. The highest BCUT2D eigenvalue weighted by Gasteiger charge is 2.15. The number of aromatic nitrogens is 3. The Morgan fingerprint density at radius 3 is 2.22 bits per heavy atom. The molecule has 0 aliphatic carbocycles. The number of nitrogens with one attached hydrogen (secondary N) is 1. The summed E-state index contributed by atoms with van der Waals surface area (Å²) in [5.41, 5.74) is 6.94. The van der Waals surface area contributed by atoms with E-state index in [4.69, 9.17) is 21.6 Å². The van der Waals surface area contributed by atoms with Gasteiger partial charge in [0.15, 0.2) is 11.6 Å². The fourth-order valence-corrected chi connectivity index (χ4v) is 4.94. The van der Waals surface area contributed by atoms with Crippen molar-refractivity contribution >= 4 is 40.0 Å². The highest BCUT2D eigenvalue weighted by molar-refractivity contribution is 6.35. The number of anilines is 1. The number of rotatable bonds is 7. The molecule has 0 unspecified atom stereocenters. The van der Waals surface area contributed by atoms with E-state index in [9.17, 15) is 4.39 Å². The summed E-state index contributed by atoms with van der Waals surface area (Å²) in [6, 6.07) is 35.3. The first-order valence-corrected chi connectivity index (χ1v) is 13.5. The van der Waals surface area contributed by atoms with Crippen LogP contribution in [0, 0.1) is 12.7 Å². The zero-order valence-corrected chi connectivity index (χ0v) is 23.0. The van der Waals surface area contributed by atoms with Crippen LogP contribution in [0.5, 0.6) is 0 Å². The molecule has 0 saturated carbocycles. The molecule has 2 heterocycles. The van der Waals surface area contributed by atoms with E-state index in [1.807, 2.05) is 116 Å². The molecule has 6 aromatic rings. The standard InChI is InChI=1S/C34H25ClFN5/c1-22-11-8-9-17-27(22)31-26(19-25-16-10-18-28(35)32(25)39-31)20-37-33-29(36)21-38-34(41-33)40-30(23-12-4-2-5-13-23)24-14-6-3-7-15-24/h2-19,21H,20H2,1H3,(H,37,38,41). The van der Waals surface area contributed by atoms with Crippen LogP contribution in [0.4, 0.5) is 16.2 Å². The number of fused-ring (bicyclic) bond motifs is 1. The fourth-order valence-electron chi connectivity index (χ4n) is 4.72. The van der Waals surface area contributed by atoms with E-state index in [1.165, 1.54) is 0 Å². The molecule has 41 heavy (non-hydrogen) atoms. The highest BCUT2D eigenvalue weighted by Crippen LogP contribution is 2.31. The second-order valence-corrected chi connectivity index (χ2v) is 9.94. The molecule has 1 N–H and O–H groups in total. The van der Waals surface area contributed by atoms with Gasteiger partial charge in [-0.3, -0.25) is 0 Å². The Hall–Kier alpha value is -4.94. The molecule has 0 bridgehead atoms. The number of para-hydroxylation sites is 1. The van der Waals surface area contributed by atoms with Gasteiger partial charge in [0.1, 0.15) is 0 Å². The SMILES string of the molecule is Cc1ccccc1-c1nc2c(Cl)cccc2cc1CNc1nc(N=C(c2ccccc2)c2ccccc2)ncc1F. The van der Waals surface area contributed by atoms with Crippen LogP contribution in [0.25, 0.3) is 22.2 Å². The van der Waals surface area contributed by atoms with Gasteiger partial charge in [0.25, 0.3) is 5.95 Å². The van der Waals surface area contributed by atoms with Crippen LogP contribution in [-0.4, -0.2) is 20.7 Å². The third-order valence-electron chi connectivity index (χ3n) is 6.76. The summed E-state index contributed by atoms with van der Waals surface area (Å²) >= 11 is 6.49. The molecular formula is C34H25ClFN5. The highest BCUT2D eigenvalue weighted by atomic mass is 35.5. The molecular weight excluding hydrogens is 533 g/mol. The van der Waals surface area contributed by atoms with Crippen molar-refractivity contribution in [1.82, 2.24) is 15.0 Å². The molecule has 6 rings (SSSR count).